The molecule has 21 heavy (non-hydrogen) atoms. The van der Waals surface area contributed by atoms with Gasteiger partial charge in [0.15, 0.2) is 0 Å². The van der Waals surface area contributed by atoms with Crippen molar-refractivity contribution >= 4 is 21.6 Å². The molecule has 0 aromatic heterocycles. The number of ether oxygens (including phenoxy) is 1. The van der Waals surface area contributed by atoms with Crippen LogP contribution in [0.5, 0.6) is 0 Å². The van der Waals surface area contributed by atoms with E-state index < -0.39 is 0 Å². The average molecular weight is 352 g/mol. The minimum Gasteiger partial charge on any atom is -0.384 e. The maximum Gasteiger partial charge on any atom is 0.103 e. The fourth-order valence-corrected chi connectivity index (χ4v) is 3.04. The maximum absolute atomic E-state index is 9.14. The molecular weight excluding hydrogens is 330 g/mol. The summed E-state index contributed by atoms with van der Waals surface area (Å²) in [5, 5.41) is 12.4. The molecule has 1 aromatic carbocycles. The Labute approximate surface area is 134 Å². The molecule has 1 fully saturated rings. The lowest BCUT2D eigenvalue weighted by atomic mass is 9.94. The molecule has 0 saturated heterocycles. The van der Waals surface area contributed by atoms with Crippen LogP contribution in [-0.2, 0) is 4.74 Å². The molecule has 3 N–H and O–H groups in total. The lowest BCUT2D eigenvalue weighted by Crippen LogP contribution is -2.30. The summed E-state index contributed by atoms with van der Waals surface area (Å²) in [7, 11) is 0. The third-order valence-electron chi connectivity index (χ3n) is 3.83. The zero-order valence-electron chi connectivity index (χ0n) is 12.1. The molecule has 0 heterocycles. The van der Waals surface area contributed by atoms with Gasteiger partial charge in [-0.25, -0.2) is 0 Å². The first kappa shape index (κ1) is 16.3. The molecule has 1 aliphatic rings. The zero-order chi connectivity index (χ0) is 15.1. The van der Waals surface area contributed by atoms with E-state index in [4.69, 9.17) is 15.7 Å². The molecule has 1 aliphatic carbocycles. The van der Waals surface area contributed by atoms with Crippen molar-refractivity contribution in [3.63, 3.8) is 0 Å². The Morgan fingerprint density at radius 2 is 2.10 bits per heavy atom. The molecule has 1 saturated carbocycles. The van der Waals surface area contributed by atoms with E-state index in [9.17, 15) is 0 Å². The Morgan fingerprint density at radius 1 is 1.33 bits per heavy atom. The quantitative estimate of drug-likeness (QED) is 0.770. The van der Waals surface area contributed by atoms with E-state index in [1.165, 1.54) is 0 Å². The van der Waals surface area contributed by atoms with Gasteiger partial charge in [0, 0.05) is 23.7 Å². The van der Waals surface area contributed by atoms with Crippen molar-refractivity contribution in [2.24, 2.45) is 5.73 Å². The van der Waals surface area contributed by atoms with Crippen LogP contribution < -0.4 is 11.1 Å². The SMILES string of the molecule is N#Cc1c(Br)cccc1NCCCOC1CCC(N)CC1. The summed E-state index contributed by atoms with van der Waals surface area (Å²) in [5.41, 5.74) is 7.40. The third-order valence-corrected chi connectivity index (χ3v) is 4.50. The first-order valence-electron chi connectivity index (χ1n) is 7.50. The van der Waals surface area contributed by atoms with Crippen molar-refractivity contribution in [2.75, 3.05) is 18.5 Å². The molecule has 4 nitrogen and oxygen atoms in total. The van der Waals surface area contributed by atoms with E-state index in [0.717, 1.165) is 55.4 Å². The van der Waals surface area contributed by atoms with Gasteiger partial charge in [-0.2, -0.15) is 5.26 Å². The number of nitriles is 1. The van der Waals surface area contributed by atoms with Crippen LogP contribution in [0.4, 0.5) is 5.69 Å². The van der Waals surface area contributed by atoms with Gasteiger partial charge < -0.3 is 15.8 Å². The Balaban J connectivity index is 1.66. The normalized spacial score (nSPS) is 21.8. The molecule has 0 bridgehead atoms. The summed E-state index contributed by atoms with van der Waals surface area (Å²) in [4.78, 5) is 0. The second-order valence-electron chi connectivity index (χ2n) is 5.46. The second-order valence-corrected chi connectivity index (χ2v) is 6.32. The zero-order valence-corrected chi connectivity index (χ0v) is 13.7. The minimum absolute atomic E-state index is 0.368. The van der Waals surface area contributed by atoms with Gasteiger partial charge in [0.1, 0.15) is 6.07 Å². The van der Waals surface area contributed by atoms with Gasteiger partial charge in [0.2, 0.25) is 0 Å². The van der Waals surface area contributed by atoms with Crippen LogP contribution in [0.15, 0.2) is 22.7 Å². The van der Waals surface area contributed by atoms with Crippen LogP contribution in [0.1, 0.15) is 37.7 Å². The number of nitrogens with one attached hydrogen (secondary N) is 1. The van der Waals surface area contributed by atoms with Gasteiger partial charge in [0.25, 0.3) is 0 Å². The molecule has 0 radical (unpaired) electrons. The summed E-state index contributed by atoms with van der Waals surface area (Å²) in [6.07, 6.45) is 5.63. The molecule has 0 spiro atoms. The maximum atomic E-state index is 9.14. The summed E-state index contributed by atoms with van der Waals surface area (Å²) in [6, 6.07) is 8.30. The van der Waals surface area contributed by atoms with Crippen LogP contribution >= 0.6 is 15.9 Å². The summed E-state index contributed by atoms with van der Waals surface area (Å²) in [5.74, 6) is 0. The van der Waals surface area contributed by atoms with E-state index in [1.54, 1.807) is 0 Å². The molecule has 0 unspecified atom stereocenters. The molecule has 0 aliphatic heterocycles. The smallest absolute Gasteiger partial charge is 0.103 e. The van der Waals surface area contributed by atoms with Crippen LogP contribution in [0.3, 0.4) is 0 Å². The van der Waals surface area contributed by atoms with Crippen LogP contribution in [0.2, 0.25) is 0 Å². The molecule has 0 amide bonds. The van der Waals surface area contributed by atoms with Crippen molar-refractivity contribution in [1.29, 1.82) is 5.26 Å². The highest BCUT2D eigenvalue weighted by atomic mass is 79.9. The standard InChI is InChI=1S/C16H22BrN3O/c17-15-3-1-4-16(14(15)11-18)20-9-2-10-21-13-7-5-12(19)6-8-13/h1,3-4,12-13,20H,2,5-10,19H2. The highest BCUT2D eigenvalue weighted by molar-refractivity contribution is 9.10. The number of nitrogens with zero attached hydrogens (tertiary/aromatic N) is 1. The van der Waals surface area contributed by atoms with Gasteiger partial charge in [-0.3, -0.25) is 0 Å². The monoisotopic (exact) mass is 351 g/mol. The van der Waals surface area contributed by atoms with Crippen LogP contribution in [0.25, 0.3) is 0 Å². The molecule has 1 aromatic rings. The number of hydrogen-bond donors (Lipinski definition) is 2. The van der Waals surface area contributed by atoms with E-state index in [-0.39, 0.29) is 0 Å². The van der Waals surface area contributed by atoms with Crippen molar-refractivity contribution in [3.8, 4) is 6.07 Å². The topological polar surface area (TPSA) is 71.1 Å². The molecule has 5 heteroatoms. The first-order chi connectivity index (χ1) is 10.2. The number of nitrogens with two attached hydrogens (primary N) is 1. The predicted octanol–water partition coefficient (Wildman–Crippen LogP) is 3.41. The third kappa shape index (κ3) is 4.99. The molecule has 114 valence electrons. The summed E-state index contributed by atoms with van der Waals surface area (Å²) >= 11 is 3.39. The minimum atomic E-state index is 0.368. The van der Waals surface area contributed by atoms with Crippen molar-refractivity contribution in [2.45, 2.75) is 44.2 Å². The highest BCUT2D eigenvalue weighted by Gasteiger charge is 2.18. The Bertz CT molecular complexity index is 493. The van der Waals surface area contributed by atoms with Crippen molar-refractivity contribution in [1.82, 2.24) is 0 Å². The van der Waals surface area contributed by atoms with Gasteiger partial charge in [-0.1, -0.05) is 6.07 Å². The van der Waals surface area contributed by atoms with Gasteiger partial charge in [-0.05, 0) is 60.2 Å². The van der Waals surface area contributed by atoms with Crippen LogP contribution in [0, 0.1) is 11.3 Å². The van der Waals surface area contributed by atoms with E-state index in [2.05, 4.69) is 27.3 Å². The van der Waals surface area contributed by atoms with E-state index in [1.807, 2.05) is 18.2 Å². The number of rotatable bonds is 6. The molecule has 0 atom stereocenters. The van der Waals surface area contributed by atoms with Crippen molar-refractivity contribution in [3.05, 3.63) is 28.2 Å². The first-order valence-corrected chi connectivity index (χ1v) is 8.29. The largest absolute Gasteiger partial charge is 0.384 e. The van der Waals surface area contributed by atoms with Gasteiger partial charge >= 0.3 is 0 Å². The Kier molecular flexibility index (Phi) is 6.50. The number of halogens is 1. The second kappa shape index (κ2) is 8.38. The van der Waals surface area contributed by atoms with Gasteiger partial charge in [0.05, 0.1) is 17.4 Å². The van der Waals surface area contributed by atoms with E-state index >= 15 is 0 Å². The average Bonchev–Trinajstić information content (AvgIpc) is 2.49. The fourth-order valence-electron chi connectivity index (χ4n) is 2.59. The molecular formula is C16H22BrN3O. The van der Waals surface area contributed by atoms with Crippen molar-refractivity contribution < 1.29 is 4.74 Å². The van der Waals surface area contributed by atoms with Crippen LogP contribution in [-0.4, -0.2) is 25.3 Å². The highest BCUT2D eigenvalue weighted by Crippen LogP contribution is 2.24. The Morgan fingerprint density at radius 3 is 2.81 bits per heavy atom. The predicted molar refractivity (Wildman–Crippen MR) is 88.1 cm³/mol. The van der Waals surface area contributed by atoms with E-state index in [0.29, 0.717) is 17.7 Å². The van der Waals surface area contributed by atoms with Gasteiger partial charge in [-0.15, -0.1) is 0 Å². The number of hydrogen-bond acceptors (Lipinski definition) is 4. The lowest BCUT2D eigenvalue weighted by molar-refractivity contribution is 0.0251. The Hall–Kier alpha value is -1.09. The number of benzene rings is 1. The fraction of sp³-hybridized carbons (Fsp3) is 0.562. The summed E-state index contributed by atoms with van der Waals surface area (Å²) < 4.78 is 6.70. The molecule has 2 rings (SSSR count). The summed E-state index contributed by atoms with van der Waals surface area (Å²) in [6.45, 7) is 1.56. The lowest BCUT2D eigenvalue weighted by Gasteiger charge is -2.26. The number of anilines is 1.